The van der Waals surface area contributed by atoms with Crippen molar-refractivity contribution in [1.29, 1.82) is 0 Å². The molecular formula is C18H21NO2S2. The second-order valence-electron chi connectivity index (χ2n) is 5.67. The lowest BCUT2D eigenvalue weighted by molar-refractivity contribution is 0.397. The van der Waals surface area contributed by atoms with Crippen LogP contribution in [-0.4, -0.2) is 30.7 Å². The molecule has 2 rings (SSSR count). The summed E-state index contributed by atoms with van der Waals surface area (Å²) >= 11 is 5.08. The largest absolute Gasteiger partial charge is 0.243 e. The van der Waals surface area contributed by atoms with Crippen LogP contribution >= 0.6 is 12.2 Å². The lowest BCUT2D eigenvalue weighted by Crippen LogP contribution is -2.36. The Kier molecular flexibility index (Phi) is 5.68. The van der Waals surface area contributed by atoms with E-state index in [1.165, 1.54) is 4.31 Å². The van der Waals surface area contributed by atoms with Gasteiger partial charge in [-0.2, -0.15) is 4.31 Å². The molecule has 0 N–H and O–H groups in total. The van der Waals surface area contributed by atoms with Crippen LogP contribution in [-0.2, 0) is 10.0 Å². The van der Waals surface area contributed by atoms with E-state index in [1.54, 1.807) is 19.2 Å². The van der Waals surface area contributed by atoms with E-state index in [4.69, 9.17) is 12.2 Å². The Morgan fingerprint density at radius 2 is 1.57 bits per heavy atom. The van der Waals surface area contributed by atoms with Gasteiger partial charge in [0.2, 0.25) is 10.0 Å². The normalized spacial score (nSPS) is 13.0. The van der Waals surface area contributed by atoms with Gasteiger partial charge in [-0.15, -0.1) is 0 Å². The van der Waals surface area contributed by atoms with Crippen molar-refractivity contribution in [1.82, 2.24) is 4.31 Å². The van der Waals surface area contributed by atoms with E-state index in [9.17, 15) is 8.42 Å². The van der Waals surface area contributed by atoms with Gasteiger partial charge in [-0.3, -0.25) is 0 Å². The number of thiocarbonyl (C=S) groups is 1. The third-order valence-electron chi connectivity index (χ3n) is 3.84. The van der Waals surface area contributed by atoms with Crippen molar-refractivity contribution in [2.24, 2.45) is 0 Å². The molecule has 0 fully saturated rings. The molecule has 0 radical (unpaired) electrons. The van der Waals surface area contributed by atoms with E-state index in [0.29, 0.717) is 11.3 Å². The molecule has 3 nitrogen and oxygen atoms in total. The maximum atomic E-state index is 12.7. The number of nitrogens with zero attached hydrogens (tertiary/aromatic N) is 1. The maximum absolute atomic E-state index is 12.7. The Balaban J connectivity index is 2.25. The van der Waals surface area contributed by atoms with Crippen LogP contribution in [0.4, 0.5) is 0 Å². The Morgan fingerprint density at radius 3 is 2.09 bits per heavy atom. The van der Waals surface area contributed by atoms with Crippen LogP contribution in [0, 0.1) is 0 Å². The molecule has 0 spiro atoms. The summed E-state index contributed by atoms with van der Waals surface area (Å²) in [4.78, 5) is 1.10. The molecule has 0 heterocycles. The van der Waals surface area contributed by atoms with Crippen LogP contribution in [0.3, 0.4) is 0 Å². The molecule has 0 saturated carbocycles. The molecule has 0 amide bonds. The summed E-state index contributed by atoms with van der Waals surface area (Å²) in [7, 11) is -1.91. The SMILES string of the molecule is CC(=S)C[C@@H](C)N(C)S(=O)(=O)c1ccc(-c2ccccc2)cc1. The highest BCUT2D eigenvalue weighted by molar-refractivity contribution is 7.89. The zero-order valence-electron chi connectivity index (χ0n) is 13.6. The van der Waals surface area contributed by atoms with Crippen molar-refractivity contribution >= 4 is 27.1 Å². The van der Waals surface area contributed by atoms with Crippen LogP contribution < -0.4 is 0 Å². The third-order valence-corrected chi connectivity index (χ3v) is 5.99. The molecule has 23 heavy (non-hydrogen) atoms. The first-order valence-corrected chi connectivity index (χ1v) is 9.30. The number of rotatable bonds is 6. The van der Waals surface area contributed by atoms with Crippen molar-refractivity contribution in [3.8, 4) is 11.1 Å². The topological polar surface area (TPSA) is 37.4 Å². The molecule has 0 aliphatic carbocycles. The quantitative estimate of drug-likeness (QED) is 0.737. The molecule has 1 atom stereocenters. The van der Waals surface area contributed by atoms with Crippen molar-refractivity contribution in [3.05, 3.63) is 54.6 Å². The molecule has 0 bridgehead atoms. The monoisotopic (exact) mass is 347 g/mol. The Morgan fingerprint density at radius 1 is 1.04 bits per heavy atom. The molecule has 0 aliphatic heterocycles. The molecule has 0 aliphatic rings. The van der Waals surface area contributed by atoms with Gasteiger partial charge >= 0.3 is 0 Å². The maximum Gasteiger partial charge on any atom is 0.243 e. The van der Waals surface area contributed by atoms with Crippen molar-refractivity contribution < 1.29 is 8.42 Å². The number of hydrogen-bond donors (Lipinski definition) is 0. The van der Waals surface area contributed by atoms with E-state index in [-0.39, 0.29) is 6.04 Å². The minimum atomic E-state index is -3.51. The van der Waals surface area contributed by atoms with Gasteiger partial charge in [0.05, 0.1) is 4.90 Å². The summed E-state index contributed by atoms with van der Waals surface area (Å²) in [6.45, 7) is 3.70. The van der Waals surface area contributed by atoms with E-state index >= 15 is 0 Å². The highest BCUT2D eigenvalue weighted by Crippen LogP contribution is 2.23. The summed E-state index contributed by atoms with van der Waals surface area (Å²) in [5.74, 6) is 0. The Hall–Kier alpha value is -1.56. The van der Waals surface area contributed by atoms with Gasteiger partial charge in [-0.05, 0) is 48.4 Å². The van der Waals surface area contributed by atoms with Crippen molar-refractivity contribution in [3.63, 3.8) is 0 Å². The van der Waals surface area contributed by atoms with Crippen molar-refractivity contribution in [2.75, 3.05) is 7.05 Å². The van der Waals surface area contributed by atoms with E-state index in [1.807, 2.05) is 56.3 Å². The zero-order chi connectivity index (χ0) is 17.0. The summed E-state index contributed by atoms with van der Waals surface area (Å²) < 4.78 is 26.8. The Labute approximate surface area is 144 Å². The summed E-state index contributed by atoms with van der Waals surface area (Å²) in [6.07, 6.45) is 0.577. The first-order chi connectivity index (χ1) is 10.8. The molecule has 0 aromatic heterocycles. The highest BCUT2D eigenvalue weighted by Gasteiger charge is 2.25. The van der Waals surface area contributed by atoms with Gasteiger partial charge in [0.1, 0.15) is 0 Å². The van der Waals surface area contributed by atoms with Gasteiger partial charge in [0.25, 0.3) is 0 Å². The molecule has 0 saturated heterocycles. The molecule has 2 aromatic rings. The van der Waals surface area contributed by atoms with Crippen LogP contribution in [0.1, 0.15) is 20.3 Å². The standard InChI is InChI=1S/C18H21NO2S2/c1-14(13-15(2)22)19(3)23(20,21)18-11-9-17(10-12-18)16-7-5-4-6-8-16/h4-12,14H,13H2,1-3H3/t14-/m1/s1. The van der Waals surface area contributed by atoms with E-state index in [2.05, 4.69) is 0 Å². The van der Waals surface area contributed by atoms with E-state index < -0.39 is 10.0 Å². The fourth-order valence-corrected chi connectivity index (χ4v) is 4.00. The lowest BCUT2D eigenvalue weighted by Gasteiger charge is -2.24. The Bertz CT molecular complexity index is 768. The smallest absolute Gasteiger partial charge is 0.207 e. The predicted octanol–water partition coefficient (Wildman–Crippen LogP) is 4.14. The second kappa shape index (κ2) is 7.34. The molecule has 122 valence electrons. The van der Waals surface area contributed by atoms with Gasteiger partial charge in [0.15, 0.2) is 0 Å². The third kappa shape index (κ3) is 4.25. The summed E-state index contributed by atoms with van der Waals surface area (Å²) in [5, 5.41) is 0. The lowest BCUT2D eigenvalue weighted by atomic mass is 10.1. The summed E-state index contributed by atoms with van der Waals surface area (Å²) in [5.41, 5.74) is 2.06. The molecule has 0 unspecified atom stereocenters. The first kappa shape index (κ1) is 17.8. The minimum absolute atomic E-state index is 0.161. The average molecular weight is 348 g/mol. The zero-order valence-corrected chi connectivity index (χ0v) is 15.2. The highest BCUT2D eigenvalue weighted by atomic mass is 32.2. The minimum Gasteiger partial charge on any atom is -0.207 e. The molecule has 2 aromatic carbocycles. The number of sulfonamides is 1. The number of benzene rings is 2. The van der Waals surface area contributed by atoms with Crippen LogP contribution in [0.2, 0.25) is 0 Å². The summed E-state index contributed by atoms with van der Waals surface area (Å²) in [6, 6.07) is 16.7. The number of hydrogen-bond acceptors (Lipinski definition) is 3. The first-order valence-electron chi connectivity index (χ1n) is 7.45. The average Bonchev–Trinajstić information content (AvgIpc) is 2.54. The fourth-order valence-electron chi connectivity index (χ4n) is 2.40. The van der Waals surface area contributed by atoms with Crippen molar-refractivity contribution in [2.45, 2.75) is 31.2 Å². The molecule has 5 heteroatoms. The van der Waals surface area contributed by atoms with Gasteiger partial charge in [0, 0.05) is 13.1 Å². The van der Waals surface area contributed by atoms with Crippen LogP contribution in [0.25, 0.3) is 11.1 Å². The second-order valence-corrected chi connectivity index (χ2v) is 8.36. The van der Waals surface area contributed by atoms with Crippen LogP contribution in [0.5, 0.6) is 0 Å². The van der Waals surface area contributed by atoms with Gasteiger partial charge in [-0.1, -0.05) is 54.7 Å². The fraction of sp³-hybridized carbons (Fsp3) is 0.278. The van der Waals surface area contributed by atoms with E-state index in [0.717, 1.165) is 16.0 Å². The van der Waals surface area contributed by atoms with Gasteiger partial charge in [-0.25, -0.2) is 8.42 Å². The molecular weight excluding hydrogens is 326 g/mol. The van der Waals surface area contributed by atoms with Gasteiger partial charge < -0.3 is 0 Å². The van der Waals surface area contributed by atoms with Crippen LogP contribution in [0.15, 0.2) is 59.5 Å². The predicted molar refractivity (Wildman–Crippen MR) is 99.2 cm³/mol.